The Balaban J connectivity index is -0.00000225. The van der Waals surface area contributed by atoms with E-state index in [4.69, 9.17) is 9.47 Å². The van der Waals surface area contributed by atoms with Crippen LogP contribution in [0.5, 0.6) is 0 Å². The second-order valence-corrected chi connectivity index (χ2v) is 15.7. The van der Waals surface area contributed by atoms with Gasteiger partial charge in [-0.05, 0) is 89.9 Å². The summed E-state index contributed by atoms with van der Waals surface area (Å²) >= 11 is 0. The van der Waals surface area contributed by atoms with Crippen molar-refractivity contribution in [1.82, 2.24) is 0 Å². The van der Waals surface area contributed by atoms with Crippen molar-refractivity contribution in [3.63, 3.8) is 0 Å². The first kappa shape index (κ1) is 66.4. The van der Waals surface area contributed by atoms with Crippen LogP contribution in [0.3, 0.4) is 0 Å². The fourth-order valence-electron chi connectivity index (χ4n) is 7.08. The van der Waals surface area contributed by atoms with Gasteiger partial charge in [0.2, 0.25) is 0 Å². The summed E-state index contributed by atoms with van der Waals surface area (Å²) in [5, 5.41) is 21.0. The molecule has 2 unspecified atom stereocenters. The van der Waals surface area contributed by atoms with Crippen molar-refractivity contribution in [2.24, 2.45) is 0 Å². The molecule has 316 valence electrons. The molecule has 0 aromatic carbocycles. The predicted molar refractivity (Wildman–Crippen MR) is 226 cm³/mol. The van der Waals surface area contributed by atoms with Crippen LogP contribution in [0, 0.1) is 0 Å². The van der Waals surface area contributed by atoms with Gasteiger partial charge in [-0.2, -0.15) is 0 Å². The summed E-state index contributed by atoms with van der Waals surface area (Å²) in [6, 6.07) is 0. The first-order valence-electron chi connectivity index (χ1n) is 22.6. The van der Waals surface area contributed by atoms with Crippen LogP contribution in [0.15, 0.2) is 0 Å². The molecular weight excluding hydrogens is 696 g/mol. The second-order valence-electron chi connectivity index (χ2n) is 15.7. The van der Waals surface area contributed by atoms with Gasteiger partial charge in [-0.3, -0.25) is 9.59 Å². The van der Waals surface area contributed by atoms with Crippen molar-refractivity contribution in [3.8, 4) is 0 Å². The summed E-state index contributed by atoms with van der Waals surface area (Å²) in [7, 11) is 0. The fourth-order valence-corrected chi connectivity index (χ4v) is 7.08. The number of hydrogen-bond donors (Lipinski definition) is 0. The molecule has 0 bridgehead atoms. The Morgan fingerprint density at radius 3 is 0.807 bits per heavy atom. The molecule has 0 heterocycles. The van der Waals surface area contributed by atoms with E-state index < -0.39 is 11.9 Å². The quantitative estimate of drug-likeness (QED) is 0.0523. The summed E-state index contributed by atoms with van der Waals surface area (Å²) in [6.07, 6.45) is 36.1. The third kappa shape index (κ3) is 52.3. The van der Waals surface area contributed by atoms with Crippen LogP contribution in [0.2, 0.25) is 0 Å². The van der Waals surface area contributed by atoms with E-state index in [0.29, 0.717) is 25.7 Å². The molecule has 0 aliphatic rings. The van der Waals surface area contributed by atoms with Crippen molar-refractivity contribution in [3.05, 3.63) is 0 Å². The van der Waals surface area contributed by atoms with Crippen LogP contribution in [0.4, 0.5) is 0 Å². The number of ether oxygens (including phenoxy) is 2. The van der Waals surface area contributed by atoms with Crippen LogP contribution < -0.4 is 47.9 Å². The van der Waals surface area contributed by atoms with Crippen molar-refractivity contribution >= 4 is 61.6 Å². The van der Waals surface area contributed by atoms with Crippen molar-refractivity contribution in [1.29, 1.82) is 0 Å². The zero-order valence-electron chi connectivity index (χ0n) is 36.6. The molecule has 57 heavy (non-hydrogen) atoms. The van der Waals surface area contributed by atoms with Gasteiger partial charge < -0.3 is 29.3 Å². The van der Waals surface area contributed by atoms with Gasteiger partial charge in [0.15, 0.2) is 0 Å². The number of rotatable bonds is 42. The molecular formula is C45H84Li4O8. The molecule has 0 aliphatic heterocycles. The number of carboxylic acid groups (broad SMARTS) is 2. The van der Waals surface area contributed by atoms with E-state index in [1.54, 1.807) is 0 Å². The van der Waals surface area contributed by atoms with E-state index in [1.807, 2.05) is 0 Å². The summed E-state index contributed by atoms with van der Waals surface area (Å²) in [4.78, 5) is 46.4. The number of carbonyl (C=O) groups is 4. The van der Waals surface area contributed by atoms with Crippen molar-refractivity contribution < 1.29 is 76.6 Å². The average molecular weight is 781 g/mol. The molecule has 0 rings (SSSR count). The van der Waals surface area contributed by atoms with Gasteiger partial charge in [-0.1, -0.05) is 149 Å². The van der Waals surface area contributed by atoms with E-state index in [2.05, 4.69) is 13.8 Å². The number of carbonyl (C=O) groups excluding carboxylic acids is 4. The van der Waals surface area contributed by atoms with Gasteiger partial charge >= 0.3 is 87.4 Å². The standard InChI is InChI=1S/C45H84O8.4Li.2H/c1-3-5-7-24-32-40(34-26-18-13-9-11-15-20-28-36-42(46)47)52-44(50)38-30-22-17-23-31-39-45(51)53-41(33-25-8-6-4-2)35-27-19-14-10-12-16-21-29-37-43(48)49;;;;;;/h40-41H,3-39H2,1-2H3,(H,46,47)(H,48,49);;;;;;/q;;;2*+1;;/p-2. The molecule has 0 N–H and O–H groups in total. The summed E-state index contributed by atoms with van der Waals surface area (Å²) in [5.41, 5.74) is 0. The Bertz CT molecular complexity index is 812. The molecule has 2 atom stereocenters. The zero-order chi connectivity index (χ0) is 39.0. The SMILES string of the molecule is CCCCCCC(CCCCCCCCCCC(=O)[O-])OC(=O)CCCCCCCC(=O)OC(CCCCCC)CCCCCCCCCCC(=O)[O-].[Li+].[Li+].[LiH].[LiH]. The van der Waals surface area contributed by atoms with Crippen LogP contribution in [0.25, 0.3) is 0 Å². The number of aliphatic carboxylic acids is 2. The molecule has 0 saturated heterocycles. The van der Waals surface area contributed by atoms with Crippen molar-refractivity contribution in [2.75, 3.05) is 0 Å². The van der Waals surface area contributed by atoms with Crippen LogP contribution in [-0.2, 0) is 28.7 Å². The summed E-state index contributed by atoms with van der Waals surface area (Å²) in [6.45, 7) is 4.42. The maximum atomic E-state index is 12.7. The number of hydrogen-bond acceptors (Lipinski definition) is 8. The molecule has 0 aliphatic carbocycles. The molecule has 0 spiro atoms. The number of carboxylic acids is 2. The fraction of sp³-hybridized carbons (Fsp3) is 0.911. The van der Waals surface area contributed by atoms with Crippen LogP contribution in [0.1, 0.15) is 251 Å². The molecule has 12 heteroatoms. The normalized spacial score (nSPS) is 11.5. The van der Waals surface area contributed by atoms with E-state index in [0.717, 1.165) is 135 Å². The Kier molecular flexibility index (Phi) is 61.0. The third-order valence-electron chi connectivity index (χ3n) is 10.4. The second kappa shape index (κ2) is 52.4. The molecule has 8 nitrogen and oxygen atoms in total. The Morgan fingerprint density at radius 1 is 0.351 bits per heavy atom. The average Bonchev–Trinajstić information content (AvgIpc) is 3.12. The Hall–Kier alpha value is 0.270. The minimum atomic E-state index is -0.951. The monoisotopic (exact) mass is 781 g/mol. The molecule has 0 fully saturated rings. The Labute approximate surface area is 398 Å². The minimum absolute atomic E-state index is 0. The molecule has 0 saturated carbocycles. The van der Waals surface area contributed by atoms with E-state index in [-0.39, 0.29) is 112 Å². The van der Waals surface area contributed by atoms with Crippen LogP contribution >= 0.6 is 0 Å². The van der Waals surface area contributed by atoms with Gasteiger partial charge in [-0.25, -0.2) is 0 Å². The first-order valence-corrected chi connectivity index (χ1v) is 22.6. The van der Waals surface area contributed by atoms with E-state index in [9.17, 15) is 29.4 Å². The van der Waals surface area contributed by atoms with Crippen LogP contribution in [-0.4, -0.2) is 73.8 Å². The van der Waals surface area contributed by atoms with Gasteiger partial charge in [-0.15, -0.1) is 0 Å². The maximum absolute atomic E-state index is 12.7. The summed E-state index contributed by atoms with van der Waals surface area (Å²) in [5.74, 6) is -2.04. The van der Waals surface area contributed by atoms with E-state index in [1.165, 1.54) is 64.2 Å². The number of unbranched alkanes of at least 4 members (excludes halogenated alkanes) is 24. The van der Waals surface area contributed by atoms with Crippen molar-refractivity contribution in [2.45, 2.75) is 264 Å². The molecule has 0 amide bonds. The first-order chi connectivity index (χ1) is 25.8. The Morgan fingerprint density at radius 2 is 0.561 bits per heavy atom. The van der Waals surface area contributed by atoms with E-state index >= 15 is 0 Å². The number of esters is 2. The van der Waals surface area contributed by atoms with Gasteiger partial charge in [0, 0.05) is 24.8 Å². The molecule has 0 radical (unpaired) electrons. The third-order valence-corrected chi connectivity index (χ3v) is 10.4. The van der Waals surface area contributed by atoms with Gasteiger partial charge in [0.1, 0.15) is 12.2 Å². The molecule has 0 aromatic rings. The summed E-state index contributed by atoms with van der Waals surface area (Å²) < 4.78 is 11.9. The topological polar surface area (TPSA) is 133 Å². The van der Waals surface area contributed by atoms with Gasteiger partial charge in [0.05, 0.1) is 0 Å². The van der Waals surface area contributed by atoms with Gasteiger partial charge in [0.25, 0.3) is 0 Å². The zero-order valence-corrected chi connectivity index (χ0v) is 36.6. The predicted octanol–water partition coefficient (Wildman–Crippen LogP) is 3.49. The molecule has 0 aromatic heterocycles.